The summed E-state index contributed by atoms with van der Waals surface area (Å²) in [6, 6.07) is 5.44. The summed E-state index contributed by atoms with van der Waals surface area (Å²) in [7, 11) is 0. The van der Waals surface area contributed by atoms with Gasteiger partial charge in [0.15, 0.2) is 11.9 Å². The van der Waals surface area contributed by atoms with Gasteiger partial charge in [-0.3, -0.25) is 0 Å². The van der Waals surface area contributed by atoms with E-state index in [0.717, 1.165) is 31.7 Å². The number of thiocarbonyl (C=S) groups is 1. The molecule has 0 aromatic heterocycles. The average molecular weight is 557 g/mol. The van der Waals surface area contributed by atoms with Crippen LogP contribution in [-0.4, -0.2) is 66.1 Å². The van der Waals surface area contributed by atoms with E-state index in [0.29, 0.717) is 43.0 Å². The number of piperazine rings is 1. The summed E-state index contributed by atoms with van der Waals surface area (Å²) in [4.78, 5) is 16.0. The summed E-state index contributed by atoms with van der Waals surface area (Å²) >= 11 is 5.64. The summed E-state index contributed by atoms with van der Waals surface area (Å²) in [5, 5.41) is 0.373. The van der Waals surface area contributed by atoms with E-state index in [9.17, 15) is 13.2 Å². The van der Waals surface area contributed by atoms with Crippen molar-refractivity contribution in [2.45, 2.75) is 75.9 Å². The first-order valence-electron chi connectivity index (χ1n) is 13.5. The maximum absolute atomic E-state index is 13.1. The molecule has 2 bridgehead atoms. The molecule has 210 valence electrons. The van der Waals surface area contributed by atoms with Gasteiger partial charge in [0.25, 0.3) is 5.17 Å². The van der Waals surface area contributed by atoms with Crippen molar-refractivity contribution in [1.82, 2.24) is 4.90 Å². The fraction of sp³-hybridized carbons (Fsp3) is 0.741. The monoisotopic (exact) mass is 556 g/mol. The van der Waals surface area contributed by atoms with Crippen LogP contribution in [0.5, 0.6) is 0 Å². The molecule has 7 atom stereocenters. The Labute approximate surface area is 226 Å². The second-order valence-corrected chi connectivity index (χ2v) is 12.2. The molecule has 1 aromatic carbocycles. The minimum absolute atomic E-state index is 0.0319. The van der Waals surface area contributed by atoms with Crippen LogP contribution >= 0.6 is 12.2 Å². The summed E-state index contributed by atoms with van der Waals surface area (Å²) in [6.07, 6.45) is -1.18. The smallest absolute Gasteiger partial charge is 0.416 e. The number of rotatable bonds is 3. The highest BCUT2D eigenvalue weighted by Gasteiger charge is 2.74. The van der Waals surface area contributed by atoms with Crippen LogP contribution in [0.3, 0.4) is 0 Å². The molecule has 11 heteroatoms. The first kappa shape index (κ1) is 26.6. The number of hydrogen-bond donors (Lipinski definition) is 0. The molecule has 0 radical (unpaired) electrons. The molecule has 5 heterocycles. The van der Waals surface area contributed by atoms with Crippen molar-refractivity contribution in [3.8, 4) is 0 Å². The number of nitrogens with zero attached hydrogens (tertiary/aromatic N) is 2. The fourth-order valence-electron chi connectivity index (χ4n) is 7.27. The van der Waals surface area contributed by atoms with Crippen molar-refractivity contribution in [1.29, 1.82) is 0 Å². The van der Waals surface area contributed by atoms with Crippen molar-refractivity contribution >= 4 is 23.1 Å². The molecule has 1 unspecified atom stereocenters. The van der Waals surface area contributed by atoms with Gasteiger partial charge in [-0.05, 0) is 75.4 Å². The second-order valence-electron chi connectivity index (χ2n) is 11.9. The molecule has 38 heavy (non-hydrogen) atoms. The van der Waals surface area contributed by atoms with Gasteiger partial charge in [0, 0.05) is 44.2 Å². The predicted molar refractivity (Wildman–Crippen MR) is 136 cm³/mol. The van der Waals surface area contributed by atoms with E-state index in [4.69, 9.17) is 36.2 Å². The van der Waals surface area contributed by atoms with Crippen LogP contribution in [0.2, 0.25) is 0 Å². The molecule has 5 aliphatic heterocycles. The van der Waals surface area contributed by atoms with E-state index in [-0.39, 0.29) is 18.4 Å². The SMILES string of the molecule is C[C@@H]1CC[C@@H]2[C@]34OO[C@@](C)(CCC13)O[C@H]4O[C@]2(C)COC(=S)N1CCN(c2cccc(C(F)(F)F)c2)CC1. The number of hydrogen-bond acceptors (Lipinski definition) is 7. The van der Waals surface area contributed by atoms with Crippen LogP contribution in [0.4, 0.5) is 18.9 Å². The van der Waals surface area contributed by atoms with Crippen molar-refractivity contribution in [3.63, 3.8) is 0 Å². The molecule has 5 saturated heterocycles. The largest absolute Gasteiger partial charge is 0.468 e. The quantitative estimate of drug-likeness (QED) is 0.375. The van der Waals surface area contributed by atoms with Gasteiger partial charge in [0.1, 0.15) is 12.2 Å². The normalized spacial score (nSPS) is 40.6. The van der Waals surface area contributed by atoms with Gasteiger partial charge in [-0.25, -0.2) is 9.78 Å². The molecule has 1 spiro atoms. The highest BCUT2D eigenvalue weighted by molar-refractivity contribution is 7.80. The molecular formula is C27H35F3N2O5S. The van der Waals surface area contributed by atoms with Crippen molar-refractivity contribution in [2.75, 3.05) is 37.7 Å². The van der Waals surface area contributed by atoms with Gasteiger partial charge in [0.05, 0.1) is 5.56 Å². The number of anilines is 1. The standard InChI is InChI=1S/C27H35F3N2O5S/c1-17-7-8-21-24(2,34-22-26(21)20(17)9-10-25(3,35-22)36-37-26)16-33-23(38)32-13-11-31(12-14-32)19-6-4-5-18(15-19)27(28,29)30/h4-6,15,17,20-22H,7-14,16H2,1-3H3/t17-,20?,21+,22-,24-,25+,26-/m1/s1. The fourth-order valence-corrected chi connectivity index (χ4v) is 7.51. The number of fused-ring (bicyclic) bond motifs is 2. The van der Waals surface area contributed by atoms with Crippen LogP contribution in [0.15, 0.2) is 24.3 Å². The van der Waals surface area contributed by atoms with E-state index in [1.54, 1.807) is 6.07 Å². The molecule has 6 aliphatic rings. The van der Waals surface area contributed by atoms with Crippen LogP contribution in [0, 0.1) is 17.8 Å². The minimum Gasteiger partial charge on any atom is -0.468 e. The average Bonchev–Trinajstić information content (AvgIpc) is 2.96. The lowest BCUT2D eigenvalue weighted by atomic mass is 9.60. The Morgan fingerprint density at radius 3 is 2.58 bits per heavy atom. The Bertz CT molecular complexity index is 1090. The van der Waals surface area contributed by atoms with Gasteiger partial charge in [-0.15, -0.1) is 0 Å². The number of halogens is 3. The molecule has 6 fully saturated rings. The summed E-state index contributed by atoms with van der Waals surface area (Å²) in [6.45, 7) is 8.68. The Morgan fingerprint density at radius 2 is 1.84 bits per heavy atom. The van der Waals surface area contributed by atoms with E-state index in [1.165, 1.54) is 12.1 Å². The molecular weight excluding hydrogens is 521 g/mol. The van der Waals surface area contributed by atoms with E-state index >= 15 is 0 Å². The second kappa shape index (κ2) is 9.19. The minimum atomic E-state index is -4.36. The molecule has 0 amide bonds. The molecule has 0 N–H and O–H groups in total. The maximum Gasteiger partial charge on any atom is 0.416 e. The Morgan fingerprint density at radius 1 is 1.08 bits per heavy atom. The first-order valence-corrected chi connectivity index (χ1v) is 13.9. The van der Waals surface area contributed by atoms with Gasteiger partial charge < -0.3 is 24.0 Å². The van der Waals surface area contributed by atoms with Gasteiger partial charge >= 0.3 is 6.18 Å². The zero-order chi connectivity index (χ0) is 26.9. The number of ether oxygens (including phenoxy) is 3. The zero-order valence-electron chi connectivity index (χ0n) is 22.0. The highest BCUT2D eigenvalue weighted by Crippen LogP contribution is 2.63. The van der Waals surface area contributed by atoms with Gasteiger partial charge in [-0.2, -0.15) is 13.2 Å². The van der Waals surface area contributed by atoms with E-state index in [2.05, 4.69) is 6.92 Å². The van der Waals surface area contributed by atoms with Gasteiger partial charge in [-0.1, -0.05) is 13.0 Å². The van der Waals surface area contributed by atoms with Gasteiger partial charge in [0.2, 0.25) is 5.79 Å². The van der Waals surface area contributed by atoms with Crippen molar-refractivity contribution in [3.05, 3.63) is 29.8 Å². The first-order chi connectivity index (χ1) is 17.9. The van der Waals surface area contributed by atoms with E-state index < -0.39 is 35.0 Å². The highest BCUT2D eigenvalue weighted by atomic mass is 32.1. The third-order valence-corrected chi connectivity index (χ3v) is 9.77. The Hall–Kier alpha value is -1.66. The van der Waals surface area contributed by atoms with Crippen LogP contribution in [0.25, 0.3) is 0 Å². The van der Waals surface area contributed by atoms with Crippen molar-refractivity contribution < 1.29 is 37.2 Å². The number of benzene rings is 1. The molecule has 1 aromatic rings. The lowest BCUT2D eigenvalue weighted by molar-refractivity contribution is -0.541. The molecule has 1 saturated carbocycles. The lowest BCUT2D eigenvalue weighted by Crippen LogP contribution is -2.62. The number of alkyl halides is 3. The van der Waals surface area contributed by atoms with Crippen LogP contribution in [-0.2, 0) is 30.2 Å². The summed E-state index contributed by atoms with van der Waals surface area (Å²) < 4.78 is 58.5. The molecule has 1 aliphatic carbocycles. The zero-order valence-corrected chi connectivity index (χ0v) is 22.8. The van der Waals surface area contributed by atoms with E-state index in [1.807, 2.05) is 23.6 Å². The van der Waals surface area contributed by atoms with Crippen LogP contribution < -0.4 is 4.90 Å². The maximum atomic E-state index is 13.1. The third kappa shape index (κ3) is 4.29. The third-order valence-electron chi connectivity index (χ3n) is 9.39. The lowest BCUT2D eigenvalue weighted by Gasteiger charge is -2.50. The Kier molecular flexibility index (Phi) is 6.42. The molecule has 7 rings (SSSR count). The predicted octanol–water partition coefficient (Wildman–Crippen LogP) is 5.13. The topological polar surface area (TPSA) is 52.6 Å². The molecule has 7 nitrogen and oxygen atoms in total. The van der Waals surface area contributed by atoms with Crippen molar-refractivity contribution in [2.24, 2.45) is 17.8 Å². The summed E-state index contributed by atoms with van der Waals surface area (Å²) in [5.74, 6) is -0.0433. The van der Waals surface area contributed by atoms with Crippen LogP contribution in [0.1, 0.15) is 52.0 Å². The summed E-state index contributed by atoms with van der Waals surface area (Å²) in [5.41, 5.74) is -1.41. The Balaban J connectivity index is 1.10.